The van der Waals surface area contributed by atoms with Crippen LogP contribution in [0.4, 0.5) is 5.82 Å². The number of anilines is 1. The van der Waals surface area contributed by atoms with Gasteiger partial charge in [-0.25, -0.2) is 9.67 Å². The van der Waals surface area contributed by atoms with Crippen molar-refractivity contribution < 1.29 is 4.79 Å². The van der Waals surface area contributed by atoms with E-state index in [2.05, 4.69) is 20.5 Å². The lowest BCUT2D eigenvalue weighted by Gasteiger charge is -2.11. The van der Waals surface area contributed by atoms with E-state index in [-0.39, 0.29) is 11.9 Å². The molecule has 7 nitrogen and oxygen atoms in total. The molecule has 3 rings (SSSR count). The molecule has 1 N–H and O–H groups in total. The lowest BCUT2D eigenvalue weighted by atomic mass is 10.1. The molecule has 1 amide bonds. The Labute approximate surface area is 140 Å². The quantitative estimate of drug-likeness (QED) is 0.756. The Kier molecular flexibility index (Phi) is 4.69. The summed E-state index contributed by atoms with van der Waals surface area (Å²) >= 11 is 0. The first-order chi connectivity index (χ1) is 11.6. The summed E-state index contributed by atoms with van der Waals surface area (Å²) < 4.78 is 3.46. The molecule has 24 heavy (non-hydrogen) atoms. The Hall–Kier alpha value is -2.96. The van der Waals surface area contributed by atoms with Crippen LogP contribution in [0.5, 0.6) is 0 Å². The number of hydrogen-bond acceptors (Lipinski definition) is 4. The number of amides is 1. The zero-order valence-corrected chi connectivity index (χ0v) is 13.8. The normalized spacial score (nSPS) is 11.0. The molecule has 0 atom stereocenters. The van der Waals surface area contributed by atoms with Gasteiger partial charge in [-0.15, -0.1) is 0 Å². The van der Waals surface area contributed by atoms with Crippen molar-refractivity contribution in [1.29, 1.82) is 0 Å². The number of nitrogens with zero attached hydrogens (tertiary/aromatic N) is 5. The molecule has 124 valence electrons. The highest BCUT2D eigenvalue weighted by Crippen LogP contribution is 2.24. The van der Waals surface area contributed by atoms with E-state index in [0.717, 1.165) is 11.3 Å². The van der Waals surface area contributed by atoms with Crippen LogP contribution in [0.1, 0.15) is 26.3 Å². The molecular weight excluding hydrogens is 304 g/mol. The monoisotopic (exact) mass is 324 g/mol. The van der Waals surface area contributed by atoms with Gasteiger partial charge in [-0.2, -0.15) is 10.2 Å². The lowest BCUT2D eigenvalue weighted by Crippen LogP contribution is -2.18. The molecule has 3 aromatic rings. The van der Waals surface area contributed by atoms with Gasteiger partial charge in [0, 0.05) is 24.1 Å². The first-order valence-electron chi connectivity index (χ1n) is 7.90. The second kappa shape index (κ2) is 7.08. The van der Waals surface area contributed by atoms with Crippen LogP contribution in [0, 0.1) is 0 Å². The second-order valence-electron chi connectivity index (χ2n) is 5.78. The highest BCUT2D eigenvalue weighted by atomic mass is 16.1. The van der Waals surface area contributed by atoms with Crippen LogP contribution in [0.3, 0.4) is 0 Å². The Morgan fingerprint density at radius 2 is 2.04 bits per heavy atom. The van der Waals surface area contributed by atoms with Crippen LogP contribution in [-0.4, -0.2) is 30.5 Å². The first-order valence-corrected chi connectivity index (χ1v) is 7.90. The largest absolute Gasteiger partial charge is 0.311 e. The van der Waals surface area contributed by atoms with Crippen LogP contribution in [0.15, 0.2) is 49.1 Å². The van der Waals surface area contributed by atoms with Crippen molar-refractivity contribution in [3.05, 3.63) is 49.1 Å². The van der Waals surface area contributed by atoms with Crippen molar-refractivity contribution in [1.82, 2.24) is 24.5 Å². The van der Waals surface area contributed by atoms with Gasteiger partial charge < -0.3 is 5.32 Å². The molecule has 0 saturated heterocycles. The van der Waals surface area contributed by atoms with Gasteiger partial charge in [0.05, 0.1) is 12.2 Å². The summed E-state index contributed by atoms with van der Waals surface area (Å²) in [5, 5.41) is 11.6. The minimum atomic E-state index is -0.0769. The Morgan fingerprint density at radius 3 is 2.71 bits per heavy atom. The number of benzene rings is 1. The molecule has 1 aromatic carbocycles. The van der Waals surface area contributed by atoms with E-state index in [1.54, 1.807) is 11.0 Å². The van der Waals surface area contributed by atoms with E-state index in [4.69, 9.17) is 0 Å². The lowest BCUT2D eigenvalue weighted by molar-refractivity contribution is -0.116. The Balaban J connectivity index is 1.74. The SMILES string of the molecule is CC(C)n1nc(-c2ccccc2)cc1NC(=O)CCn1cncn1. The summed E-state index contributed by atoms with van der Waals surface area (Å²) in [5.41, 5.74) is 1.87. The van der Waals surface area contributed by atoms with Crippen molar-refractivity contribution in [3.63, 3.8) is 0 Å². The molecule has 0 radical (unpaired) electrons. The van der Waals surface area contributed by atoms with Gasteiger partial charge in [0.15, 0.2) is 0 Å². The van der Waals surface area contributed by atoms with Gasteiger partial charge >= 0.3 is 0 Å². The van der Waals surface area contributed by atoms with Crippen molar-refractivity contribution in [2.45, 2.75) is 32.9 Å². The van der Waals surface area contributed by atoms with E-state index >= 15 is 0 Å². The third-order valence-corrected chi connectivity index (χ3v) is 3.60. The summed E-state index contributed by atoms with van der Waals surface area (Å²) in [4.78, 5) is 16.1. The molecule has 2 heterocycles. The molecule has 0 aliphatic carbocycles. The fourth-order valence-electron chi connectivity index (χ4n) is 2.40. The maximum absolute atomic E-state index is 12.2. The standard InChI is InChI=1S/C17H20N6O/c1-13(2)23-16(10-15(21-23)14-6-4-3-5-7-14)20-17(24)8-9-22-12-18-11-19-22/h3-7,10-13H,8-9H2,1-2H3,(H,20,24). The highest BCUT2D eigenvalue weighted by molar-refractivity contribution is 5.90. The van der Waals surface area contributed by atoms with Crippen LogP contribution in [0.25, 0.3) is 11.3 Å². The van der Waals surface area contributed by atoms with Crippen molar-refractivity contribution >= 4 is 11.7 Å². The smallest absolute Gasteiger partial charge is 0.227 e. The van der Waals surface area contributed by atoms with Gasteiger partial charge in [0.25, 0.3) is 0 Å². The number of nitrogens with one attached hydrogen (secondary N) is 1. The average Bonchev–Trinajstić information content (AvgIpc) is 3.23. The Morgan fingerprint density at radius 1 is 1.25 bits per heavy atom. The molecule has 2 aromatic heterocycles. The second-order valence-corrected chi connectivity index (χ2v) is 5.78. The Bertz CT molecular complexity index is 792. The van der Waals surface area contributed by atoms with Crippen LogP contribution in [0.2, 0.25) is 0 Å². The molecule has 0 saturated carbocycles. The van der Waals surface area contributed by atoms with Gasteiger partial charge in [-0.3, -0.25) is 9.48 Å². The summed E-state index contributed by atoms with van der Waals surface area (Å²) in [6, 6.07) is 12.0. The highest BCUT2D eigenvalue weighted by Gasteiger charge is 2.14. The van der Waals surface area contributed by atoms with Crippen molar-refractivity contribution in [3.8, 4) is 11.3 Å². The van der Waals surface area contributed by atoms with Gasteiger partial charge in [0.2, 0.25) is 5.91 Å². The third-order valence-electron chi connectivity index (χ3n) is 3.60. The van der Waals surface area contributed by atoms with Gasteiger partial charge in [-0.05, 0) is 13.8 Å². The van der Waals surface area contributed by atoms with E-state index in [0.29, 0.717) is 18.8 Å². The number of aromatic nitrogens is 5. The predicted octanol–water partition coefficient (Wildman–Crippen LogP) is 2.75. The minimum absolute atomic E-state index is 0.0769. The molecule has 7 heteroatoms. The maximum Gasteiger partial charge on any atom is 0.227 e. The number of rotatable bonds is 6. The topological polar surface area (TPSA) is 77.6 Å². The van der Waals surface area contributed by atoms with E-state index in [1.165, 1.54) is 6.33 Å². The summed E-state index contributed by atoms with van der Waals surface area (Å²) in [6.07, 6.45) is 3.38. The predicted molar refractivity (Wildman–Crippen MR) is 91.3 cm³/mol. The minimum Gasteiger partial charge on any atom is -0.311 e. The van der Waals surface area contributed by atoms with E-state index < -0.39 is 0 Å². The first kappa shape index (κ1) is 15.9. The molecule has 0 bridgehead atoms. The summed E-state index contributed by atoms with van der Waals surface area (Å²) in [6.45, 7) is 4.56. The summed E-state index contributed by atoms with van der Waals surface area (Å²) in [7, 11) is 0. The molecule has 0 aliphatic rings. The zero-order chi connectivity index (χ0) is 16.9. The van der Waals surface area contributed by atoms with E-state index in [9.17, 15) is 4.79 Å². The number of carbonyl (C=O) groups excluding carboxylic acids is 1. The average molecular weight is 324 g/mol. The van der Waals surface area contributed by atoms with E-state index in [1.807, 2.05) is 54.9 Å². The fraction of sp³-hybridized carbons (Fsp3) is 0.294. The third kappa shape index (κ3) is 3.68. The maximum atomic E-state index is 12.2. The summed E-state index contributed by atoms with van der Waals surface area (Å²) in [5.74, 6) is 0.624. The van der Waals surface area contributed by atoms with Crippen molar-refractivity contribution in [2.24, 2.45) is 0 Å². The number of hydrogen-bond donors (Lipinski definition) is 1. The van der Waals surface area contributed by atoms with Crippen LogP contribution in [-0.2, 0) is 11.3 Å². The molecule has 0 unspecified atom stereocenters. The number of carbonyl (C=O) groups is 1. The molecular formula is C17H20N6O. The van der Waals surface area contributed by atoms with Crippen LogP contribution < -0.4 is 5.32 Å². The molecule has 0 fully saturated rings. The molecule has 0 spiro atoms. The number of aryl methyl sites for hydroxylation is 1. The van der Waals surface area contributed by atoms with Gasteiger partial charge in [0.1, 0.15) is 18.5 Å². The molecule has 0 aliphatic heterocycles. The van der Waals surface area contributed by atoms with Crippen molar-refractivity contribution in [2.75, 3.05) is 5.32 Å². The fourth-order valence-corrected chi connectivity index (χ4v) is 2.40. The van der Waals surface area contributed by atoms with Gasteiger partial charge in [-0.1, -0.05) is 30.3 Å². The zero-order valence-electron chi connectivity index (χ0n) is 13.8. The van der Waals surface area contributed by atoms with Crippen LogP contribution >= 0.6 is 0 Å².